The molecule has 0 heterocycles. The van der Waals surface area contributed by atoms with Gasteiger partial charge in [-0.15, -0.1) is 0 Å². The normalized spacial score (nSPS) is 11.6. The Bertz CT molecular complexity index is 140. The van der Waals surface area contributed by atoms with E-state index in [9.17, 15) is 0 Å². The highest BCUT2D eigenvalue weighted by Crippen LogP contribution is 1.91. The van der Waals surface area contributed by atoms with Crippen LogP contribution in [-0.2, 0) is 4.74 Å². The molecule has 0 bridgehead atoms. The molecular formula is C13H30N2O. The maximum Gasteiger partial charge on any atom is 0.0591 e. The highest BCUT2D eigenvalue weighted by Gasteiger charge is 1.99. The molecule has 0 saturated heterocycles. The number of hydrogen-bond donors (Lipinski definition) is 1. The molecule has 0 aliphatic carbocycles. The van der Waals surface area contributed by atoms with Gasteiger partial charge in [0.25, 0.3) is 0 Å². The highest BCUT2D eigenvalue weighted by atomic mass is 16.5. The third-order valence-electron chi connectivity index (χ3n) is 2.47. The van der Waals surface area contributed by atoms with Crippen LogP contribution in [0.5, 0.6) is 0 Å². The van der Waals surface area contributed by atoms with Crippen molar-refractivity contribution >= 4 is 0 Å². The molecule has 0 aromatic rings. The predicted molar refractivity (Wildman–Crippen MR) is 70.9 cm³/mol. The molecule has 0 atom stereocenters. The zero-order valence-corrected chi connectivity index (χ0v) is 11.6. The van der Waals surface area contributed by atoms with Crippen molar-refractivity contribution < 1.29 is 4.74 Å². The van der Waals surface area contributed by atoms with E-state index < -0.39 is 0 Å². The fraction of sp³-hybridized carbons (Fsp3) is 1.00. The van der Waals surface area contributed by atoms with Gasteiger partial charge in [-0.1, -0.05) is 27.7 Å². The Morgan fingerprint density at radius 2 is 1.88 bits per heavy atom. The summed E-state index contributed by atoms with van der Waals surface area (Å²) in [7, 11) is 0. The lowest BCUT2D eigenvalue weighted by Gasteiger charge is -2.19. The maximum atomic E-state index is 5.50. The van der Waals surface area contributed by atoms with E-state index in [0.717, 1.165) is 39.4 Å². The van der Waals surface area contributed by atoms with Crippen molar-refractivity contribution in [2.75, 3.05) is 45.9 Å². The van der Waals surface area contributed by atoms with Crippen molar-refractivity contribution in [1.29, 1.82) is 0 Å². The number of ether oxygens (including phenoxy) is 1. The largest absolute Gasteiger partial charge is 0.380 e. The predicted octanol–water partition coefficient (Wildman–Crippen LogP) is 1.98. The van der Waals surface area contributed by atoms with Gasteiger partial charge in [-0.25, -0.2) is 0 Å². The zero-order valence-electron chi connectivity index (χ0n) is 11.6. The second-order valence-corrected chi connectivity index (χ2v) is 4.65. The smallest absolute Gasteiger partial charge is 0.0591 e. The Balaban J connectivity index is 3.19. The number of nitrogens with one attached hydrogen (secondary N) is 1. The Labute approximate surface area is 102 Å². The van der Waals surface area contributed by atoms with Gasteiger partial charge in [0.05, 0.1) is 6.61 Å². The van der Waals surface area contributed by atoms with Crippen molar-refractivity contribution in [1.82, 2.24) is 10.2 Å². The Morgan fingerprint density at radius 3 is 2.44 bits per heavy atom. The van der Waals surface area contributed by atoms with Crippen molar-refractivity contribution in [2.24, 2.45) is 5.92 Å². The molecule has 0 amide bonds. The van der Waals surface area contributed by atoms with Gasteiger partial charge in [0.2, 0.25) is 0 Å². The van der Waals surface area contributed by atoms with Crippen LogP contribution in [0.25, 0.3) is 0 Å². The van der Waals surface area contributed by atoms with Crippen LogP contribution in [0.15, 0.2) is 0 Å². The van der Waals surface area contributed by atoms with E-state index in [0.29, 0.717) is 5.92 Å². The molecule has 98 valence electrons. The lowest BCUT2D eigenvalue weighted by molar-refractivity contribution is 0.111. The van der Waals surface area contributed by atoms with E-state index >= 15 is 0 Å². The van der Waals surface area contributed by atoms with Crippen LogP contribution in [0.1, 0.15) is 34.1 Å². The van der Waals surface area contributed by atoms with Crippen LogP contribution in [0, 0.1) is 5.92 Å². The molecule has 0 aliphatic rings. The molecule has 0 saturated carbocycles. The van der Waals surface area contributed by atoms with E-state index in [1.54, 1.807) is 0 Å². The highest BCUT2D eigenvalue weighted by molar-refractivity contribution is 4.57. The van der Waals surface area contributed by atoms with Gasteiger partial charge in [-0.3, -0.25) is 0 Å². The van der Waals surface area contributed by atoms with Gasteiger partial charge in [0, 0.05) is 26.2 Å². The first-order chi connectivity index (χ1) is 7.70. The minimum atomic E-state index is 0.639. The molecule has 0 aromatic heterocycles. The van der Waals surface area contributed by atoms with E-state index in [2.05, 4.69) is 37.9 Å². The minimum Gasteiger partial charge on any atom is -0.380 e. The van der Waals surface area contributed by atoms with Crippen molar-refractivity contribution in [3.63, 3.8) is 0 Å². The third kappa shape index (κ3) is 10.4. The van der Waals surface area contributed by atoms with Gasteiger partial charge in [0.15, 0.2) is 0 Å². The molecule has 0 rings (SSSR count). The van der Waals surface area contributed by atoms with Crippen LogP contribution >= 0.6 is 0 Å². The molecule has 1 N–H and O–H groups in total. The molecule has 0 aromatic carbocycles. The summed E-state index contributed by atoms with van der Waals surface area (Å²) in [4.78, 5) is 2.47. The van der Waals surface area contributed by atoms with Crippen LogP contribution in [0.4, 0.5) is 0 Å². The average molecular weight is 230 g/mol. The standard InChI is InChI=1S/C13H30N2O/c1-5-9-15(6-2)10-7-14-8-11-16-12-13(3)4/h13-14H,5-12H2,1-4H3. The quantitative estimate of drug-likeness (QED) is 0.549. The second kappa shape index (κ2) is 11.4. The van der Waals surface area contributed by atoms with Gasteiger partial charge < -0.3 is 15.0 Å². The summed E-state index contributed by atoms with van der Waals surface area (Å²) in [5.74, 6) is 0.639. The van der Waals surface area contributed by atoms with Crippen molar-refractivity contribution in [3.05, 3.63) is 0 Å². The van der Waals surface area contributed by atoms with Crippen LogP contribution in [0.2, 0.25) is 0 Å². The van der Waals surface area contributed by atoms with E-state index in [4.69, 9.17) is 4.74 Å². The second-order valence-electron chi connectivity index (χ2n) is 4.65. The van der Waals surface area contributed by atoms with Gasteiger partial charge in [-0.2, -0.15) is 0 Å². The summed E-state index contributed by atoms with van der Waals surface area (Å²) < 4.78 is 5.50. The third-order valence-corrected chi connectivity index (χ3v) is 2.47. The maximum absolute atomic E-state index is 5.50. The summed E-state index contributed by atoms with van der Waals surface area (Å²) in [5, 5.41) is 3.42. The first-order valence-electron chi connectivity index (χ1n) is 6.71. The summed E-state index contributed by atoms with van der Waals surface area (Å²) >= 11 is 0. The molecule has 0 unspecified atom stereocenters. The molecule has 3 heteroatoms. The van der Waals surface area contributed by atoms with Crippen LogP contribution in [-0.4, -0.2) is 50.8 Å². The van der Waals surface area contributed by atoms with Gasteiger partial charge in [0.1, 0.15) is 0 Å². The van der Waals surface area contributed by atoms with Gasteiger partial charge >= 0.3 is 0 Å². The molecule has 0 fully saturated rings. The summed E-state index contributed by atoms with van der Waals surface area (Å²) in [6.07, 6.45) is 1.24. The number of likely N-dealkylation sites (N-methyl/N-ethyl adjacent to an activating group) is 1. The topological polar surface area (TPSA) is 24.5 Å². The van der Waals surface area contributed by atoms with Crippen LogP contribution in [0.3, 0.4) is 0 Å². The minimum absolute atomic E-state index is 0.639. The summed E-state index contributed by atoms with van der Waals surface area (Å²) in [6.45, 7) is 16.1. The first-order valence-corrected chi connectivity index (χ1v) is 6.71. The van der Waals surface area contributed by atoms with Crippen molar-refractivity contribution in [3.8, 4) is 0 Å². The van der Waals surface area contributed by atoms with E-state index in [-0.39, 0.29) is 0 Å². The lowest BCUT2D eigenvalue weighted by Crippen LogP contribution is -2.33. The fourth-order valence-corrected chi connectivity index (χ4v) is 1.57. The molecule has 3 nitrogen and oxygen atoms in total. The number of rotatable bonds is 11. The Morgan fingerprint density at radius 1 is 1.12 bits per heavy atom. The molecule has 0 aliphatic heterocycles. The molecular weight excluding hydrogens is 200 g/mol. The zero-order chi connectivity index (χ0) is 12.2. The molecule has 16 heavy (non-hydrogen) atoms. The lowest BCUT2D eigenvalue weighted by atomic mass is 10.2. The Hall–Kier alpha value is -0.120. The SMILES string of the molecule is CCCN(CC)CCNCCOCC(C)C. The first kappa shape index (κ1) is 15.9. The van der Waals surface area contributed by atoms with Crippen molar-refractivity contribution in [2.45, 2.75) is 34.1 Å². The molecule has 0 radical (unpaired) electrons. The monoisotopic (exact) mass is 230 g/mol. The van der Waals surface area contributed by atoms with E-state index in [1.807, 2.05) is 0 Å². The van der Waals surface area contributed by atoms with Crippen LogP contribution < -0.4 is 5.32 Å². The number of hydrogen-bond acceptors (Lipinski definition) is 3. The average Bonchev–Trinajstić information content (AvgIpc) is 2.26. The van der Waals surface area contributed by atoms with Gasteiger partial charge in [-0.05, 0) is 25.4 Å². The fourth-order valence-electron chi connectivity index (χ4n) is 1.57. The number of nitrogens with zero attached hydrogens (tertiary/aromatic N) is 1. The summed E-state index contributed by atoms with van der Waals surface area (Å²) in [5.41, 5.74) is 0. The van der Waals surface area contributed by atoms with E-state index in [1.165, 1.54) is 13.0 Å². The molecule has 0 spiro atoms. The summed E-state index contributed by atoms with van der Waals surface area (Å²) in [6, 6.07) is 0. The Kier molecular flexibility index (Phi) is 11.3.